The Labute approximate surface area is 180 Å². The number of benzene rings is 2. The zero-order valence-electron chi connectivity index (χ0n) is 16.4. The lowest BCUT2D eigenvalue weighted by molar-refractivity contribution is 0.0730. The van der Waals surface area contributed by atoms with Crippen molar-refractivity contribution in [1.29, 1.82) is 0 Å². The number of hydrogen-bond donors (Lipinski definition) is 1. The normalized spacial score (nSPS) is 13.6. The third-order valence-corrected chi connectivity index (χ3v) is 7.06. The Kier molecular flexibility index (Phi) is 5.78. The van der Waals surface area contributed by atoms with E-state index in [4.69, 9.17) is 4.74 Å². The molecule has 1 heterocycles. The Hall–Kier alpha value is -2.84. The molecule has 1 aliphatic carbocycles. The number of thiophene rings is 1. The number of anilines is 1. The summed E-state index contributed by atoms with van der Waals surface area (Å²) in [5.41, 5.74) is 1.95. The summed E-state index contributed by atoms with van der Waals surface area (Å²) in [4.78, 5) is 15.0. The fraction of sp³-hybridized carbons (Fsp3) is 0.227. The minimum absolute atomic E-state index is 0.0784. The molecule has 4 rings (SSSR count). The van der Waals surface area contributed by atoms with Crippen molar-refractivity contribution < 1.29 is 17.9 Å². The number of amides is 1. The number of nitrogens with zero attached hydrogens (tertiary/aromatic N) is 1. The number of nitrogens with one attached hydrogen (secondary N) is 1. The molecule has 0 atom stereocenters. The summed E-state index contributed by atoms with van der Waals surface area (Å²) in [7, 11) is -2.33. The summed E-state index contributed by atoms with van der Waals surface area (Å²) in [5, 5.41) is 4.04. The fourth-order valence-corrected chi connectivity index (χ4v) is 4.94. The molecule has 0 aliphatic heterocycles. The Bertz CT molecular complexity index is 1120. The highest BCUT2D eigenvalue weighted by Gasteiger charge is 2.33. The van der Waals surface area contributed by atoms with Crippen LogP contribution >= 0.6 is 11.3 Å². The molecule has 2 aromatic carbocycles. The van der Waals surface area contributed by atoms with Crippen LogP contribution in [-0.4, -0.2) is 32.4 Å². The van der Waals surface area contributed by atoms with Gasteiger partial charge in [-0.2, -0.15) is 11.3 Å². The van der Waals surface area contributed by atoms with Crippen molar-refractivity contribution in [2.45, 2.75) is 30.3 Å². The number of rotatable bonds is 8. The molecule has 1 amide bonds. The maximum absolute atomic E-state index is 13.0. The summed E-state index contributed by atoms with van der Waals surface area (Å²) in [6.45, 7) is 0.572. The van der Waals surface area contributed by atoms with Crippen LogP contribution in [0.5, 0.6) is 5.75 Å². The fourth-order valence-electron chi connectivity index (χ4n) is 3.21. The van der Waals surface area contributed by atoms with Gasteiger partial charge in [-0.25, -0.2) is 8.42 Å². The first-order valence-electron chi connectivity index (χ1n) is 9.56. The van der Waals surface area contributed by atoms with Crippen molar-refractivity contribution in [2.75, 3.05) is 11.8 Å². The van der Waals surface area contributed by atoms with Crippen LogP contribution in [0.3, 0.4) is 0 Å². The van der Waals surface area contributed by atoms with Crippen molar-refractivity contribution in [2.24, 2.45) is 0 Å². The quantitative estimate of drug-likeness (QED) is 0.562. The van der Waals surface area contributed by atoms with Crippen LogP contribution in [0.4, 0.5) is 5.69 Å². The third kappa shape index (κ3) is 4.49. The van der Waals surface area contributed by atoms with E-state index in [0.717, 1.165) is 18.4 Å². The van der Waals surface area contributed by atoms with Gasteiger partial charge >= 0.3 is 0 Å². The van der Waals surface area contributed by atoms with Crippen LogP contribution in [0.2, 0.25) is 0 Å². The molecule has 3 aromatic rings. The number of ether oxygens (including phenoxy) is 1. The van der Waals surface area contributed by atoms with Crippen molar-refractivity contribution in [3.05, 3.63) is 76.5 Å². The predicted octanol–water partition coefficient (Wildman–Crippen LogP) is 4.36. The predicted molar refractivity (Wildman–Crippen MR) is 117 cm³/mol. The van der Waals surface area contributed by atoms with Crippen LogP contribution in [0.25, 0.3) is 0 Å². The highest BCUT2D eigenvalue weighted by Crippen LogP contribution is 2.31. The summed E-state index contributed by atoms with van der Waals surface area (Å²) in [6, 6.07) is 15.1. The van der Waals surface area contributed by atoms with Gasteiger partial charge in [0.15, 0.2) is 0 Å². The van der Waals surface area contributed by atoms with Gasteiger partial charge in [0.25, 0.3) is 15.9 Å². The monoisotopic (exact) mass is 442 g/mol. The second-order valence-corrected chi connectivity index (χ2v) is 9.59. The lowest BCUT2D eigenvalue weighted by Crippen LogP contribution is -2.32. The van der Waals surface area contributed by atoms with Gasteiger partial charge in [0.05, 0.1) is 17.7 Å². The van der Waals surface area contributed by atoms with Gasteiger partial charge in [0.2, 0.25) is 0 Å². The number of para-hydroxylation sites is 2. The molecule has 1 aromatic heterocycles. The molecule has 30 heavy (non-hydrogen) atoms. The smallest absolute Gasteiger partial charge is 0.262 e. The molecule has 6 nitrogen and oxygen atoms in total. The van der Waals surface area contributed by atoms with Crippen LogP contribution in [-0.2, 0) is 16.6 Å². The van der Waals surface area contributed by atoms with Gasteiger partial charge in [-0.3, -0.25) is 9.52 Å². The van der Waals surface area contributed by atoms with Crippen molar-refractivity contribution in [1.82, 2.24) is 4.90 Å². The maximum Gasteiger partial charge on any atom is 0.262 e. The highest BCUT2D eigenvalue weighted by molar-refractivity contribution is 7.92. The lowest BCUT2D eigenvalue weighted by Gasteiger charge is -2.22. The second kappa shape index (κ2) is 8.49. The first kappa shape index (κ1) is 20.4. The third-order valence-electron chi connectivity index (χ3n) is 4.94. The van der Waals surface area contributed by atoms with E-state index in [9.17, 15) is 13.2 Å². The molecule has 0 radical (unpaired) electrons. The van der Waals surface area contributed by atoms with Gasteiger partial charge in [0.1, 0.15) is 5.75 Å². The van der Waals surface area contributed by atoms with E-state index in [0.29, 0.717) is 23.5 Å². The Morgan fingerprint density at radius 2 is 1.87 bits per heavy atom. The minimum atomic E-state index is -3.81. The van der Waals surface area contributed by atoms with Gasteiger partial charge in [-0.15, -0.1) is 0 Å². The first-order valence-corrected chi connectivity index (χ1v) is 12.0. The van der Waals surface area contributed by atoms with Crippen LogP contribution in [0.1, 0.15) is 28.8 Å². The van der Waals surface area contributed by atoms with Crippen LogP contribution < -0.4 is 9.46 Å². The number of methoxy groups -OCH3 is 1. The summed E-state index contributed by atoms with van der Waals surface area (Å²) in [5.74, 6) is 0.353. The van der Waals surface area contributed by atoms with Crippen molar-refractivity contribution in [3.8, 4) is 5.75 Å². The Balaban J connectivity index is 1.52. The maximum atomic E-state index is 13.0. The topological polar surface area (TPSA) is 75.7 Å². The lowest BCUT2D eigenvalue weighted by atomic mass is 10.2. The van der Waals surface area contributed by atoms with E-state index in [1.54, 1.807) is 47.7 Å². The van der Waals surface area contributed by atoms with Gasteiger partial charge in [-0.05, 0) is 71.6 Å². The van der Waals surface area contributed by atoms with Crippen molar-refractivity contribution >= 4 is 33.0 Å². The average molecular weight is 443 g/mol. The molecular weight excluding hydrogens is 420 g/mol. The molecule has 0 unspecified atom stereocenters. The second-order valence-electron chi connectivity index (χ2n) is 7.13. The summed E-state index contributed by atoms with van der Waals surface area (Å²) in [6.07, 6.45) is 2.01. The molecule has 0 saturated heterocycles. The number of sulfonamides is 1. The molecule has 0 spiro atoms. The Morgan fingerprint density at radius 3 is 2.50 bits per heavy atom. The van der Waals surface area contributed by atoms with Gasteiger partial charge in [0, 0.05) is 18.2 Å². The minimum Gasteiger partial charge on any atom is -0.495 e. The molecule has 1 saturated carbocycles. The number of carbonyl (C=O) groups is 1. The molecule has 1 fully saturated rings. The molecule has 1 N–H and O–H groups in total. The standard InChI is InChI=1S/C22H22N2O4S2/c1-28-21-5-3-2-4-20(21)23-30(26,27)19-10-6-17(7-11-19)22(25)24(18-8-9-18)14-16-12-13-29-15-16/h2-7,10-13,15,18,23H,8-9,14H2,1H3. The van der Waals surface area contributed by atoms with Crippen LogP contribution in [0, 0.1) is 0 Å². The zero-order chi connectivity index (χ0) is 21.1. The van der Waals surface area contributed by atoms with E-state index in [2.05, 4.69) is 4.72 Å². The van der Waals surface area contributed by atoms with Gasteiger partial charge in [-0.1, -0.05) is 12.1 Å². The number of hydrogen-bond acceptors (Lipinski definition) is 5. The molecule has 1 aliphatic rings. The Morgan fingerprint density at radius 1 is 1.13 bits per heavy atom. The summed E-state index contributed by atoms with van der Waals surface area (Å²) < 4.78 is 33.2. The molecule has 156 valence electrons. The van der Waals surface area contributed by atoms with Crippen molar-refractivity contribution in [3.63, 3.8) is 0 Å². The molecular formula is C22H22N2O4S2. The summed E-state index contributed by atoms with van der Waals surface area (Å²) >= 11 is 1.61. The van der Waals surface area contributed by atoms with Crippen LogP contribution in [0.15, 0.2) is 70.3 Å². The largest absolute Gasteiger partial charge is 0.495 e. The SMILES string of the molecule is COc1ccccc1NS(=O)(=O)c1ccc(C(=O)N(Cc2ccsc2)C2CC2)cc1. The average Bonchev–Trinajstić information content (AvgIpc) is 3.47. The van der Waals surface area contributed by atoms with E-state index in [1.165, 1.54) is 19.2 Å². The van der Waals surface area contributed by atoms with E-state index in [1.807, 2.05) is 21.7 Å². The molecule has 8 heteroatoms. The number of carbonyl (C=O) groups excluding carboxylic acids is 1. The van der Waals surface area contributed by atoms with E-state index >= 15 is 0 Å². The highest BCUT2D eigenvalue weighted by atomic mass is 32.2. The van der Waals surface area contributed by atoms with E-state index in [-0.39, 0.29) is 16.8 Å². The van der Waals surface area contributed by atoms with E-state index < -0.39 is 10.0 Å². The first-order chi connectivity index (χ1) is 14.5. The van der Waals surface area contributed by atoms with Gasteiger partial charge < -0.3 is 9.64 Å². The zero-order valence-corrected chi connectivity index (χ0v) is 18.1. The molecule has 0 bridgehead atoms.